The van der Waals surface area contributed by atoms with Gasteiger partial charge in [0.25, 0.3) is 11.8 Å². The number of nitrogens with zero attached hydrogens (tertiary/aromatic N) is 3. The van der Waals surface area contributed by atoms with Crippen LogP contribution in [-0.4, -0.2) is 39.0 Å². The molecule has 7 rings (SSSR count). The van der Waals surface area contributed by atoms with E-state index in [0.717, 1.165) is 21.6 Å². The molecule has 0 unspecified atom stereocenters. The van der Waals surface area contributed by atoms with E-state index in [-0.39, 0.29) is 46.8 Å². The Hall–Kier alpha value is -6.29. The van der Waals surface area contributed by atoms with E-state index in [9.17, 15) is 18.8 Å². The van der Waals surface area contributed by atoms with Gasteiger partial charge in [-0.2, -0.15) is 0 Å². The molecule has 1 aliphatic heterocycles. The summed E-state index contributed by atoms with van der Waals surface area (Å²) < 4.78 is 33.2. The Bertz CT molecular complexity index is 2110. The first-order valence-electron chi connectivity index (χ1n) is 15.7. The smallest absolute Gasteiger partial charge is 0.478 e. The SMILES string of the molecule is CCOC(=O)Oc1c2c(c(OC(c3ccccc3)c3ccccc3)c3ncn(Cc4ccccc4)c13)C(=O)N(Cc1ccc(F)cc1)C2=O. The van der Waals surface area contributed by atoms with E-state index in [1.807, 2.05) is 91.0 Å². The van der Waals surface area contributed by atoms with Gasteiger partial charge in [-0.15, -0.1) is 0 Å². The molecule has 0 spiro atoms. The highest BCUT2D eigenvalue weighted by Crippen LogP contribution is 2.47. The van der Waals surface area contributed by atoms with Gasteiger partial charge in [-0.3, -0.25) is 14.5 Å². The second kappa shape index (κ2) is 13.4. The molecule has 10 heteroatoms. The second-order valence-corrected chi connectivity index (χ2v) is 11.4. The standard InChI is InChI=1S/C39H30FN3O6/c1-2-47-39(46)49-36-31-30(37(44)43(38(31)45)23-26-18-20-29(40)21-19-26)35(32-33(36)42(24-41-32)22-25-12-6-3-7-13-25)48-34(27-14-8-4-9-15-27)28-16-10-5-11-17-28/h3-21,24,34H,2,22-23H2,1H3. The van der Waals surface area contributed by atoms with Gasteiger partial charge in [0, 0.05) is 6.54 Å². The van der Waals surface area contributed by atoms with Gasteiger partial charge in [0.15, 0.2) is 11.5 Å². The van der Waals surface area contributed by atoms with Crippen molar-refractivity contribution in [3.8, 4) is 11.5 Å². The average Bonchev–Trinajstić information content (AvgIpc) is 3.65. The maximum absolute atomic E-state index is 14.4. The number of carbonyl (C=O) groups is 3. The van der Waals surface area contributed by atoms with E-state index in [4.69, 9.17) is 19.2 Å². The number of hydrogen-bond donors (Lipinski definition) is 0. The molecule has 0 radical (unpaired) electrons. The Labute approximate surface area is 281 Å². The summed E-state index contributed by atoms with van der Waals surface area (Å²) in [6.07, 6.45) is -0.196. The van der Waals surface area contributed by atoms with Crippen molar-refractivity contribution in [3.05, 3.63) is 161 Å². The fourth-order valence-corrected chi connectivity index (χ4v) is 5.98. The summed E-state index contributed by atoms with van der Waals surface area (Å²) >= 11 is 0. The van der Waals surface area contributed by atoms with E-state index in [0.29, 0.717) is 12.1 Å². The number of ether oxygens (including phenoxy) is 3. The van der Waals surface area contributed by atoms with Crippen molar-refractivity contribution < 1.29 is 33.0 Å². The fraction of sp³-hybridized carbons (Fsp3) is 0.128. The first kappa shape index (κ1) is 31.3. The fourth-order valence-electron chi connectivity index (χ4n) is 5.98. The van der Waals surface area contributed by atoms with Crippen molar-refractivity contribution in [3.63, 3.8) is 0 Å². The van der Waals surface area contributed by atoms with Crippen LogP contribution in [0.2, 0.25) is 0 Å². The zero-order valence-electron chi connectivity index (χ0n) is 26.4. The number of aromatic nitrogens is 2. The lowest BCUT2D eigenvalue weighted by molar-refractivity contribution is 0.0640. The number of rotatable bonds is 10. The maximum Gasteiger partial charge on any atom is 0.513 e. The molecule has 1 aromatic heterocycles. The molecule has 2 amide bonds. The van der Waals surface area contributed by atoms with Crippen molar-refractivity contribution in [2.24, 2.45) is 0 Å². The number of halogens is 1. The van der Waals surface area contributed by atoms with Gasteiger partial charge in [-0.1, -0.05) is 103 Å². The third-order valence-electron chi connectivity index (χ3n) is 8.23. The van der Waals surface area contributed by atoms with Crippen LogP contribution in [0.5, 0.6) is 11.5 Å². The van der Waals surface area contributed by atoms with Gasteiger partial charge < -0.3 is 18.8 Å². The van der Waals surface area contributed by atoms with Crippen LogP contribution in [0, 0.1) is 5.82 Å². The summed E-state index contributed by atoms with van der Waals surface area (Å²) in [6, 6.07) is 34.1. The van der Waals surface area contributed by atoms with Crippen molar-refractivity contribution in [2.45, 2.75) is 26.1 Å². The number of imidazole rings is 1. The van der Waals surface area contributed by atoms with Crippen molar-refractivity contribution in [1.29, 1.82) is 0 Å². The van der Waals surface area contributed by atoms with E-state index in [1.165, 1.54) is 24.3 Å². The van der Waals surface area contributed by atoms with Crippen LogP contribution in [0.1, 0.15) is 56.0 Å². The lowest BCUT2D eigenvalue weighted by Crippen LogP contribution is -2.29. The predicted molar refractivity (Wildman–Crippen MR) is 179 cm³/mol. The Morgan fingerprint density at radius 3 is 1.88 bits per heavy atom. The van der Waals surface area contributed by atoms with Crippen molar-refractivity contribution in [1.82, 2.24) is 14.5 Å². The lowest BCUT2D eigenvalue weighted by Gasteiger charge is -2.22. The molecule has 0 fully saturated rings. The van der Waals surface area contributed by atoms with Crippen molar-refractivity contribution >= 4 is 29.0 Å². The van der Waals surface area contributed by atoms with Crippen LogP contribution in [0.25, 0.3) is 11.0 Å². The van der Waals surface area contributed by atoms with E-state index < -0.39 is 29.9 Å². The highest BCUT2D eigenvalue weighted by molar-refractivity contribution is 6.27. The maximum atomic E-state index is 14.4. The molecule has 9 nitrogen and oxygen atoms in total. The second-order valence-electron chi connectivity index (χ2n) is 11.4. The van der Waals surface area contributed by atoms with Crippen LogP contribution in [0.15, 0.2) is 122 Å². The van der Waals surface area contributed by atoms with E-state index in [2.05, 4.69) is 0 Å². The number of amides is 2. The van der Waals surface area contributed by atoms with Crippen LogP contribution in [-0.2, 0) is 17.8 Å². The van der Waals surface area contributed by atoms with Gasteiger partial charge in [0.1, 0.15) is 34.1 Å². The summed E-state index contributed by atoms with van der Waals surface area (Å²) in [5.74, 6) is -1.94. The molecule has 0 saturated heterocycles. The zero-order valence-corrected chi connectivity index (χ0v) is 26.4. The Morgan fingerprint density at radius 2 is 1.29 bits per heavy atom. The van der Waals surface area contributed by atoms with Gasteiger partial charge in [0.2, 0.25) is 0 Å². The van der Waals surface area contributed by atoms with Crippen LogP contribution in [0.4, 0.5) is 9.18 Å². The average molecular weight is 656 g/mol. The number of carbonyl (C=O) groups excluding carboxylic acids is 3. The van der Waals surface area contributed by atoms with Crippen LogP contribution in [0.3, 0.4) is 0 Å². The lowest BCUT2D eigenvalue weighted by atomic mass is 10.00. The molecule has 0 bridgehead atoms. The summed E-state index contributed by atoms with van der Waals surface area (Å²) in [6.45, 7) is 1.79. The highest BCUT2D eigenvalue weighted by atomic mass is 19.1. The molecule has 244 valence electrons. The topological polar surface area (TPSA) is 100.0 Å². The summed E-state index contributed by atoms with van der Waals surface area (Å²) in [4.78, 5) is 47.4. The van der Waals surface area contributed by atoms with E-state index in [1.54, 1.807) is 17.8 Å². The minimum Gasteiger partial charge on any atom is -0.478 e. The van der Waals surface area contributed by atoms with Gasteiger partial charge in [0.05, 0.1) is 19.5 Å². The molecular formula is C39H30FN3O6. The third kappa shape index (κ3) is 6.12. The Morgan fingerprint density at radius 1 is 0.735 bits per heavy atom. The molecule has 1 aliphatic rings. The molecule has 49 heavy (non-hydrogen) atoms. The monoisotopic (exact) mass is 655 g/mol. The molecule has 0 saturated carbocycles. The molecule has 6 aromatic rings. The largest absolute Gasteiger partial charge is 0.513 e. The van der Waals surface area contributed by atoms with Crippen molar-refractivity contribution in [2.75, 3.05) is 6.61 Å². The molecule has 5 aromatic carbocycles. The Balaban J connectivity index is 1.47. The molecule has 0 aliphatic carbocycles. The number of hydrogen-bond acceptors (Lipinski definition) is 7. The first-order valence-corrected chi connectivity index (χ1v) is 15.7. The first-order chi connectivity index (χ1) is 23.9. The van der Waals surface area contributed by atoms with Crippen LogP contribution >= 0.6 is 0 Å². The third-order valence-corrected chi connectivity index (χ3v) is 8.23. The number of imide groups is 1. The predicted octanol–water partition coefficient (Wildman–Crippen LogP) is 7.72. The van der Waals surface area contributed by atoms with Gasteiger partial charge in [-0.25, -0.2) is 14.2 Å². The van der Waals surface area contributed by atoms with Crippen LogP contribution < -0.4 is 9.47 Å². The van der Waals surface area contributed by atoms with E-state index >= 15 is 0 Å². The van der Waals surface area contributed by atoms with Gasteiger partial charge in [-0.05, 0) is 41.3 Å². The summed E-state index contributed by atoms with van der Waals surface area (Å²) in [5, 5.41) is 0. The Kier molecular flexibility index (Phi) is 8.59. The molecule has 2 heterocycles. The highest BCUT2D eigenvalue weighted by Gasteiger charge is 2.45. The number of fused-ring (bicyclic) bond motifs is 2. The quantitative estimate of drug-likeness (QED) is 0.0846. The molecular weight excluding hydrogens is 625 g/mol. The normalized spacial score (nSPS) is 12.4. The molecule has 0 N–H and O–H groups in total. The summed E-state index contributed by atoms with van der Waals surface area (Å²) in [5.41, 5.74) is 3.27. The minimum absolute atomic E-state index is 0.0219. The number of benzene rings is 5. The van der Waals surface area contributed by atoms with Gasteiger partial charge >= 0.3 is 6.16 Å². The minimum atomic E-state index is -1.05. The molecule has 0 atom stereocenters. The zero-order chi connectivity index (χ0) is 33.9. The summed E-state index contributed by atoms with van der Waals surface area (Å²) in [7, 11) is 0.